The van der Waals surface area contributed by atoms with Gasteiger partial charge in [0.25, 0.3) is 0 Å². The lowest BCUT2D eigenvalue weighted by molar-refractivity contribution is 0.199. The highest BCUT2D eigenvalue weighted by molar-refractivity contribution is 5.39. The zero-order valence-corrected chi connectivity index (χ0v) is 12.4. The highest BCUT2D eigenvalue weighted by atomic mass is 16.5. The number of methoxy groups -OCH3 is 1. The average Bonchev–Trinajstić information content (AvgIpc) is 2.93. The predicted octanol–water partition coefficient (Wildman–Crippen LogP) is 2.74. The van der Waals surface area contributed by atoms with Gasteiger partial charge >= 0.3 is 0 Å². The van der Waals surface area contributed by atoms with Crippen LogP contribution in [0.25, 0.3) is 0 Å². The summed E-state index contributed by atoms with van der Waals surface area (Å²) in [6, 6.07) is 6.59. The molecular formula is C17H25NO2. The van der Waals surface area contributed by atoms with Crippen molar-refractivity contribution in [3.05, 3.63) is 41.5 Å². The summed E-state index contributed by atoms with van der Waals surface area (Å²) in [6.45, 7) is 3.58. The highest BCUT2D eigenvalue weighted by Gasteiger charge is 2.11. The molecule has 0 aromatic heterocycles. The molecule has 1 N–H and O–H groups in total. The standard InChI is InChI=1S/C17H25NO2/c1-19-13-11-18-10-5-3-2-4-6-15-7-8-17-16(14-15)9-12-20-17/h2-3,7-8,14,18H,4-6,9-13H2,1H3. The Balaban J connectivity index is 1.58. The summed E-state index contributed by atoms with van der Waals surface area (Å²) in [4.78, 5) is 0. The van der Waals surface area contributed by atoms with E-state index in [-0.39, 0.29) is 0 Å². The fourth-order valence-corrected chi connectivity index (χ4v) is 2.37. The lowest BCUT2D eigenvalue weighted by atomic mass is 10.0. The van der Waals surface area contributed by atoms with Crippen molar-refractivity contribution < 1.29 is 9.47 Å². The van der Waals surface area contributed by atoms with Crippen LogP contribution in [0, 0.1) is 0 Å². The molecule has 1 aromatic carbocycles. The van der Waals surface area contributed by atoms with E-state index in [9.17, 15) is 0 Å². The van der Waals surface area contributed by atoms with E-state index in [4.69, 9.17) is 9.47 Å². The van der Waals surface area contributed by atoms with Crippen molar-refractivity contribution in [2.75, 3.05) is 33.4 Å². The number of hydrogen-bond acceptors (Lipinski definition) is 3. The number of hydrogen-bond donors (Lipinski definition) is 1. The number of fused-ring (bicyclic) bond motifs is 1. The quantitative estimate of drug-likeness (QED) is 0.555. The number of benzene rings is 1. The van der Waals surface area contributed by atoms with E-state index < -0.39 is 0 Å². The second-order valence-electron chi connectivity index (χ2n) is 5.08. The Labute approximate surface area is 122 Å². The molecule has 0 saturated carbocycles. The molecule has 3 nitrogen and oxygen atoms in total. The van der Waals surface area contributed by atoms with Crippen LogP contribution in [0.2, 0.25) is 0 Å². The fraction of sp³-hybridized carbons (Fsp3) is 0.529. The van der Waals surface area contributed by atoms with Crippen LogP contribution in [-0.4, -0.2) is 33.4 Å². The molecule has 0 fully saturated rings. The zero-order valence-electron chi connectivity index (χ0n) is 12.4. The Bertz CT molecular complexity index is 429. The SMILES string of the molecule is COCCNCCC=CCCc1ccc2c(c1)CCO2. The van der Waals surface area contributed by atoms with E-state index >= 15 is 0 Å². The Morgan fingerprint density at radius 3 is 3.05 bits per heavy atom. The largest absolute Gasteiger partial charge is 0.493 e. The lowest BCUT2D eigenvalue weighted by Gasteiger charge is -2.03. The predicted molar refractivity (Wildman–Crippen MR) is 82.5 cm³/mol. The minimum Gasteiger partial charge on any atom is -0.493 e. The molecule has 0 saturated heterocycles. The van der Waals surface area contributed by atoms with E-state index in [0.717, 1.165) is 57.7 Å². The van der Waals surface area contributed by atoms with Crippen molar-refractivity contribution in [3.63, 3.8) is 0 Å². The van der Waals surface area contributed by atoms with Gasteiger partial charge in [-0.1, -0.05) is 24.3 Å². The van der Waals surface area contributed by atoms with Crippen molar-refractivity contribution in [2.45, 2.75) is 25.7 Å². The van der Waals surface area contributed by atoms with Crippen molar-refractivity contribution in [3.8, 4) is 5.75 Å². The van der Waals surface area contributed by atoms with Crippen LogP contribution in [0.5, 0.6) is 5.75 Å². The number of allylic oxidation sites excluding steroid dienone is 1. The van der Waals surface area contributed by atoms with Crippen LogP contribution in [0.15, 0.2) is 30.4 Å². The molecule has 1 aliphatic heterocycles. The normalized spacial score (nSPS) is 13.7. The molecule has 1 heterocycles. The number of ether oxygens (including phenoxy) is 2. The van der Waals surface area contributed by atoms with Gasteiger partial charge in [-0.2, -0.15) is 0 Å². The Hall–Kier alpha value is -1.32. The maximum atomic E-state index is 5.52. The number of aryl methyl sites for hydroxylation is 1. The van der Waals surface area contributed by atoms with Gasteiger partial charge in [-0.15, -0.1) is 0 Å². The molecule has 0 atom stereocenters. The van der Waals surface area contributed by atoms with Crippen molar-refractivity contribution in [1.29, 1.82) is 0 Å². The summed E-state index contributed by atoms with van der Waals surface area (Å²) in [7, 11) is 1.73. The van der Waals surface area contributed by atoms with E-state index in [1.165, 1.54) is 11.1 Å². The molecule has 110 valence electrons. The van der Waals surface area contributed by atoms with Gasteiger partial charge in [0.2, 0.25) is 0 Å². The maximum Gasteiger partial charge on any atom is 0.122 e. The van der Waals surface area contributed by atoms with Gasteiger partial charge < -0.3 is 14.8 Å². The third-order valence-electron chi connectivity index (χ3n) is 3.49. The molecular weight excluding hydrogens is 250 g/mol. The Kier molecular flexibility index (Phi) is 6.61. The molecule has 3 heteroatoms. The third-order valence-corrected chi connectivity index (χ3v) is 3.49. The van der Waals surface area contributed by atoms with Crippen molar-refractivity contribution in [2.24, 2.45) is 0 Å². The molecule has 20 heavy (non-hydrogen) atoms. The first kappa shape index (κ1) is 15.1. The number of nitrogens with one attached hydrogen (secondary N) is 1. The van der Waals surface area contributed by atoms with Gasteiger partial charge in [0.05, 0.1) is 13.2 Å². The van der Waals surface area contributed by atoms with E-state index in [1.807, 2.05) is 0 Å². The van der Waals surface area contributed by atoms with Crippen LogP contribution in [0.4, 0.5) is 0 Å². The molecule has 0 aliphatic carbocycles. The van der Waals surface area contributed by atoms with Crippen LogP contribution in [0.1, 0.15) is 24.0 Å². The van der Waals surface area contributed by atoms with Gasteiger partial charge in [0.1, 0.15) is 5.75 Å². The van der Waals surface area contributed by atoms with Crippen LogP contribution < -0.4 is 10.1 Å². The van der Waals surface area contributed by atoms with Crippen LogP contribution in [0.3, 0.4) is 0 Å². The minimum absolute atomic E-state index is 0.783. The zero-order chi connectivity index (χ0) is 14.0. The topological polar surface area (TPSA) is 30.5 Å². The molecule has 1 aliphatic rings. The number of rotatable bonds is 9. The first-order chi connectivity index (χ1) is 9.90. The smallest absolute Gasteiger partial charge is 0.122 e. The summed E-state index contributed by atoms with van der Waals surface area (Å²) < 4.78 is 10.5. The van der Waals surface area contributed by atoms with Crippen LogP contribution >= 0.6 is 0 Å². The molecule has 0 amide bonds. The van der Waals surface area contributed by atoms with Gasteiger partial charge in [-0.25, -0.2) is 0 Å². The lowest BCUT2D eigenvalue weighted by Crippen LogP contribution is -2.19. The molecule has 2 rings (SSSR count). The summed E-state index contributed by atoms with van der Waals surface area (Å²) in [5.74, 6) is 1.08. The van der Waals surface area contributed by atoms with Gasteiger partial charge in [0.15, 0.2) is 0 Å². The molecule has 0 unspecified atom stereocenters. The molecule has 1 aromatic rings. The van der Waals surface area contributed by atoms with Gasteiger partial charge in [-0.05, 0) is 43.0 Å². The summed E-state index contributed by atoms with van der Waals surface area (Å²) in [5, 5.41) is 3.33. The third kappa shape index (κ3) is 4.99. The highest BCUT2D eigenvalue weighted by Crippen LogP contribution is 2.26. The van der Waals surface area contributed by atoms with Crippen molar-refractivity contribution >= 4 is 0 Å². The average molecular weight is 275 g/mol. The second-order valence-corrected chi connectivity index (χ2v) is 5.08. The van der Waals surface area contributed by atoms with Crippen molar-refractivity contribution in [1.82, 2.24) is 5.32 Å². The second kappa shape index (κ2) is 8.77. The summed E-state index contributed by atoms with van der Waals surface area (Å²) in [5.41, 5.74) is 2.78. The monoisotopic (exact) mass is 275 g/mol. The fourth-order valence-electron chi connectivity index (χ4n) is 2.37. The van der Waals surface area contributed by atoms with E-state index in [1.54, 1.807) is 7.11 Å². The summed E-state index contributed by atoms with van der Waals surface area (Å²) >= 11 is 0. The molecule has 0 radical (unpaired) electrons. The molecule has 0 bridgehead atoms. The first-order valence-electron chi connectivity index (χ1n) is 7.49. The van der Waals surface area contributed by atoms with E-state index in [0.29, 0.717) is 0 Å². The summed E-state index contributed by atoms with van der Waals surface area (Å²) in [6.07, 6.45) is 8.91. The van der Waals surface area contributed by atoms with Gasteiger partial charge in [-0.3, -0.25) is 0 Å². The minimum atomic E-state index is 0.783. The first-order valence-corrected chi connectivity index (χ1v) is 7.49. The van der Waals surface area contributed by atoms with Crippen LogP contribution in [-0.2, 0) is 17.6 Å². The van der Waals surface area contributed by atoms with E-state index in [2.05, 4.69) is 35.7 Å². The Morgan fingerprint density at radius 1 is 1.25 bits per heavy atom. The molecule has 0 spiro atoms. The Morgan fingerprint density at radius 2 is 2.15 bits per heavy atom. The maximum absolute atomic E-state index is 5.52. The van der Waals surface area contributed by atoms with Gasteiger partial charge in [0, 0.05) is 20.1 Å².